The molecule has 6 nitrogen and oxygen atoms in total. The van der Waals surface area contributed by atoms with Gasteiger partial charge in [0.25, 0.3) is 0 Å². The number of rotatable bonds is 7. The molecule has 0 spiro atoms. The summed E-state index contributed by atoms with van der Waals surface area (Å²) in [5, 5.41) is 24.9. The third kappa shape index (κ3) is 4.45. The van der Waals surface area contributed by atoms with Gasteiger partial charge in [0.15, 0.2) is 5.79 Å². The quantitative estimate of drug-likeness (QED) is 0.555. The first-order chi connectivity index (χ1) is 15.1. The number of fused-ring (bicyclic) bond motifs is 4. The number of benzene rings is 1. The molecule has 0 radical (unpaired) electrons. The summed E-state index contributed by atoms with van der Waals surface area (Å²) in [6.45, 7) is 3.30. The molecule has 0 atom stereocenters. The molecule has 32 heavy (non-hydrogen) atoms. The second-order valence-electron chi connectivity index (χ2n) is 9.55. The molecule has 0 bridgehead atoms. The first kappa shape index (κ1) is 23.3. The number of hydrogen-bond donors (Lipinski definition) is 3. The lowest BCUT2D eigenvalue weighted by Gasteiger charge is -2.26. The first-order valence-corrected chi connectivity index (χ1v) is 14.1. The molecule has 0 unspecified atom stereocenters. The Labute approximate surface area is 192 Å². The van der Waals surface area contributed by atoms with Crippen molar-refractivity contribution >= 4 is 26.6 Å². The number of nitrogens with zero attached hydrogens (tertiary/aromatic N) is 2. The zero-order chi connectivity index (χ0) is 23.1. The van der Waals surface area contributed by atoms with E-state index in [4.69, 9.17) is 9.72 Å². The van der Waals surface area contributed by atoms with Crippen LogP contribution in [0.15, 0.2) is 41.5 Å². The minimum absolute atomic E-state index is 0.191. The van der Waals surface area contributed by atoms with Gasteiger partial charge in [0.1, 0.15) is 0 Å². The Kier molecular flexibility index (Phi) is 6.40. The van der Waals surface area contributed by atoms with Crippen LogP contribution in [0.4, 0.5) is 0 Å². The van der Waals surface area contributed by atoms with Gasteiger partial charge in [0.05, 0.1) is 30.1 Å². The molecule has 3 N–H and O–H groups in total. The molecule has 2 aliphatic heterocycles. The summed E-state index contributed by atoms with van der Waals surface area (Å²) in [5.41, 5.74) is 10.2. The van der Waals surface area contributed by atoms with E-state index in [1.807, 2.05) is 12.1 Å². The third-order valence-electron chi connectivity index (χ3n) is 6.31. The smallest absolute Gasteiger partial charge is 0.189 e. The topological polar surface area (TPSA) is 77.8 Å². The van der Waals surface area contributed by atoms with Crippen LogP contribution in [0.5, 0.6) is 0 Å². The molecule has 3 heterocycles. The fourth-order valence-electron chi connectivity index (χ4n) is 4.47. The summed E-state index contributed by atoms with van der Waals surface area (Å²) < 4.78 is 5.36. The van der Waals surface area contributed by atoms with Crippen molar-refractivity contribution in [1.29, 1.82) is 0 Å². The molecular formula is C25H35N3O3S. The van der Waals surface area contributed by atoms with Gasteiger partial charge in [-0.2, -0.15) is 0 Å². The zero-order valence-corrected chi connectivity index (χ0v) is 20.6. The minimum Gasteiger partial charge on any atom is -0.380 e. The van der Waals surface area contributed by atoms with E-state index < -0.39 is 15.8 Å². The number of methoxy groups -OCH3 is 1. The Bertz CT molecular complexity index is 1090. The molecule has 1 aromatic carbocycles. The van der Waals surface area contributed by atoms with Crippen molar-refractivity contribution in [3.8, 4) is 0 Å². The first-order valence-electron chi connectivity index (χ1n) is 11.1. The lowest BCUT2D eigenvalue weighted by molar-refractivity contribution is -0.127. The number of aliphatic hydroxyl groups is 2. The zero-order valence-electron chi connectivity index (χ0n) is 19.7. The molecule has 2 aromatic rings. The van der Waals surface area contributed by atoms with Crippen LogP contribution in [0.25, 0.3) is 16.6 Å². The molecule has 4 rings (SSSR count). The highest BCUT2D eigenvalue weighted by molar-refractivity contribution is 8.32. The van der Waals surface area contributed by atoms with E-state index in [-0.39, 0.29) is 6.42 Å². The van der Waals surface area contributed by atoms with Crippen molar-refractivity contribution in [2.75, 3.05) is 44.8 Å². The van der Waals surface area contributed by atoms with Gasteiger partial charge in [-0.15, -0.1) is 0 Å². The van der Waals surface area contributed by atoms with Crippen LogP contribution in [0.2, 0.25) is 0 Å². The number of aryl methyl sites for hydroxylation is 1. The van der Waals surface area contributed by atoms with E-state index in [0.29, 0.717) is 25.3 Å². The normalized spacial score (nSPS) is 17.3. The monoisotopic (exact) mass is 457 g/mol. The van der Waals surface area contributed by atoms with Crippen LogP contribution in [0.1, 0.15) is 30.2 Å². The van der Waals surface area contributed by atoms with E-state index in [0.717, 1.165) is 34.7 Å². The summed E-state index contributed by atoms with van der Waals surface area (Å²) in [6.07, 6.45) is 10.2. The highest BCUT2D eigenvalue weighted by Crippen LogP contribution is 2.41. The molecule has 2 aliphatic rings. The molecule has 0 amide bonds. The average Bonchev–Trinajstić information content (AvgIpc) is 2.97. The predicted octanol–water partition coefficient (Wildman–Crippen LogP) is 3.18. The van der Waals surface area contributed by atoms with Crippen LogP contribution >= 0.6 is 10.0 Å². The van der Waals surface area contributed by atoms with E-state index >= 15 is 0 Å². The lowest BCUT2D eigenvalue weighted by Crippen LogP contribution is -2.35. The maximum absolute atomic E-state index is 10.8. The SMILES string of the molecule is CCC(O)(O)C1=C(COC)CNN2Cc3c(nc4ccccc4c3CCS(C)(C)C)C2=C1. The largest absolute Gasteiger partial charge is 0.380 e. The van der Waals surface area contributed by atoms with Crippen molar-refractivity contribution in [1.82, 2.24) is 15.4 Å². The van der Waals surface area contributed by atoms with Gasteiger partial charge < -0.3 is 20.0 Å². The summed E-state index contributed by atoms with van der Waals surface area (Å²) in [6, 6.07) is 8.35. The van der Waals surface area contributed by atoms with Crippen LogP contribution in [-0.2, 0) is 17.7 Å². The highest BCUT2D eigenvalue weighted by atomic mass is 32.3. The summed E-state index contributed by atoms with van der Waals surface area (Å²) >= 11 is 0. The molecule has 0 fully saturated rings. The number of hydrogen-bond acceptors (Lipinski definition) is 6. The van der Waals surface area contributed by atoms with E-state index in [1.54, 1.807) is 14.0 Å². The van der Waals surface area contributed by atoms with Crippen LogP contribution in [-0.4, -0.2) is 70.8 Å². The number of nitrogens with one attached hydrogen (secondary N) is 1. The van der Waals surface area contributed by atoms with Gasteiger partial charge in [0.2, 0.25) is 0 Å². The fraction of sp³-hybridized carbons (Fsp3) is 0.480. The Morgan fingerprint density at radius 2 is 1.97 bits per heavy atom. The van der Waals surface area contributed by atoms with Crippen molar-refractivity contribution in [3.05, 3.63) is 58.3 Å². The Hall–Kier alpha value is -1.90. The summed E-state index contributed by atoms with van der Waals surface area (Å²) in [5.74, 6) is -0.758. The number of hydrazine groups is 1. The Morgan fingerprint density at radius 1 is 1.22 bits per heavy atom. The van der Waals surface area contributed by atoms with E-state index in [9.17, 15) is 10.2 Å². The average molecular weight is 458 g/mol. The van der Waals surface area contributed by atoms with Gasteiger partial charge in [-0.1, -0.05) is 25.1 Å². The van der Waals surface area contributed by atoms with Crippen LogP contribution < -0.4 is 5.43 Å². The maximum atomic E-state index is 10.8. The molecule has 7 heteroatoms. The van der Waals surface area contributed by atoms with Gasteiger partial charge >= 0.3 is 0 Å². The fourth-order valence-corrected chi connectivity index (χ4v) is 5.29. The molecule has 0 aliphatic carbocycles. The van der Waals surface area contributed by atoms with Crippen molar-refractivity contribution in [2.24, 2.45) is 0 Å². The molecular weight excluding hydrogens is 422 g/mol. The van der Waals surface area contributed by atoms with E-state index in [2.05, 4.69) is 47.4 Å². The van der Waals surface area contributed by atoms with Crippen LogP contribution in [0, 0.1) is 0 Å². The minimum atomic E-state index is -1.92. The number of aromatic nitrogens is 1. The van der Waals surface area contributed by atoms with Gasteiger partial charge in [0, 0.05) is 36.6 Å². The lowest BCUT2D eigenvalue weighted by atomic mass is 9.95. The van der Waals surface area contributed by atoms with Gasteiger partial charge in [-0.3, -0.25) is 0 Å². The summed E-state index contributed by atoms with van der Waals surface area (Å²) in [4.78, 5) is 5.04. The Morgan fingerprint density at radius 3 is 2.66 bits per heavy atom. The third-order valence-corrected chi connectivity index (χ3v) is 7.74. The number of para-hydroxylation sites is 1. The molecule has 0 saturated heterocycles. The summed E-state index contributed by atoms with van der Waals surface area (Å²) in [7, 11) is 0.987. The second kappa shape index (κ2) is 8.80. The van der Waals surface area contributed by atoms with Gasteiger partial charge in [-0.25, -0.2) is 20.4 Å². The number of pyridine rings is 1. The standard InChI is InChI=1S/C25H35N3O3S/c1-6-25(29,30)21-13-23-24-20(15-28(23)26-14-17(21)16-31-2)18(11-12-32(3,4)5)19-9-7-8-10-22(19)27-24/h7-10,13,26,29-30H,6,11-12,14-16H2,1-5H3. The Balaban J connectivity index is 1.89. The van der Waals surface area contributed by atoms with Gasteiger partial charge in [-0.05, 0) is 54.2 Å². The molecule has 0 saturated carbocycles. The van der Waals surface area contributed by atoms with Crippen LogP contribution in [0.3, 0.4) is 0 Å². The molecule has 1 aromatic heterocycles. The van der Waals surface area contributed by atoms with Crippen molar-refractivity contribution < 1.29 is 14.9 Å². The number of ether oxygens (including phenoxy) is 1. The highest BCUT2D eigenvalue weighted by Gasteiger charge is 2.35. The van der Waals surface area contributed by atoms with Crippen molar-refractivity contribution in [3.63, 3.8) is 0 Å². The maximum Gasteiger partial charge on any atom is 0.189 e. The second-order valence-corrected chi connectivity index (χ2v) is 14.1. The predicted molar refractivity (Wildman–Crippen MR) is 134 cm³/mol. The van der Waals surface area contributed by atoms with E-state index in [1.165, 1.54) is 16.5 Å². The van der Waals surface area contributed by atoms with Crippen molar-refractivity contribution in [2.45, 2.75) is 32.1 Å². The molecule has 174 valence electrons.